The molecule has 2 rings (SSSR count). The fourth-order valence-electron chi connectivity index (χ4n) is 3.22. The van der Waals surface area contributed by atoms with Crippen LogP contribution in [-0.2, 0) is 4.79 Å². The van der Waals surface area contributed by atoms with E-state index in [1.54, 1.807) is 0 Å². The van der Waals surface area contributed by atoms with Crippen molar-refractivity contribution < 1.29 is 4.79 Å². The maximum absolute atomic E-state index is 13.0. The summed E-state index contributed by atoms with van der Waals surface area (Å²) in [5, 5.41) is 0.490. The molecule has 1 aliphatic heterocycles. The van der Waals surface area contributed by atoms with Crippen molar-refractivity contribution in [3.63, 3.8) is 0 Å². The molecule has 108 valence electrons. The zero-order chi connectivity index (χ0) is 14.0. The first-order valence-corrected chi connectivity index (χ1v) is 8.67. The van der Waals surface area contributed by atoms with Crippen molar-refractivity contribution >= 4 is 34.9 Å². The summed E-state index contributed by atoms with van der Waals surface area (Å²) in [5.74, 6) is 1.21. The Morgan fingerprint density at radius 2 is 1.95 bits per heavy atom. The van der Waals surface area contributed by atoms with Crippen LogP contribution in [0.1, 0.15) is 46.0 Å². The van der Waals surface area contributed by atoms with Gasteiger partial charge in [-0.15, -0.1) is 0 Å². The minimum atomic E-state index is -0.552. The van der Waals surface area contributed by atoms with Gasteiger partial charge in [-0.1, -0.05) is 38.4 Å². The van der Waals surface area contributed by atoms with Crippen LogP contribution in [0.4, 0.5) is 0 Å². The normalized spacial score (nSPS) is 30.9. The molecule has 3 nitrogen and oxygen atoms in total. The maximum atomic E-state index is 13.0. The molecular formula is C14H24N2OS2. The molecule has 1 amide bonds. The van der Waals surface area contributed by atoms with E-state index < -0.39 is 5.41 Å². The summed E-state index contributed by atoms with van der Waals surface area (Å²) >= 11 is 7.21. The molecule has 2 unspecified atom stereocenters. The Kier molecular flexibility index (Phi) is 4.77. The fraction of sp³-hybridized carbons (Fsp3) is 0.857. The number of rotatable bonds is 2. The zero-order valence-corrected chi connectivity index (χ0v) is 13.5. The van der Waals surface area contributed by atoms with Crippen molar-refractivity contribution in [2.45, 2.75) is 57.2 Å². The number of nitrogens with zero attached hydrogens (tertiary/aromatic N) is 1. The SMILES string of the molecule is CC1SCCN(C(=O)C2(C(N)=S)CCCCC2)C1C. The second-order valence-corrected chi connectivity index (χ2v) is 7.75. The summed E-state index contributed by atoms with van der Waals surface area (Å²) in [6.45, 7) is 5.17. The molecule has 0 bridgehead atoms. The second kappa shape index (κ2) is 6.00. The highest BCUT2D eigenvalue weighted by Crippen LogP contribution is 2.40. The van der Waals surface area contributed by atoms with Crippen molar-refractivity contribution in [1.82, 2.24) is 4.90 Å². The van der Waals surface area contributed by atoms with Gasteiger partial charge in [-0.25, -0.2) is 0 Å². The van der Waals surface area contributed by atoms with Crippen LogP contribution >= 0.6 is 24.0 Å². The van der Waals surface area contributed by atoms with E-state index >= 15 is 0 Å². The molecule has 2 N–H and O–H groups in total. The molecule has 0 aromatic carbocycles. The number of thiocarbonyl (C=S) groups is 1. The lowest BCUT2D eigenvalue weighted by Gasteiger charge is -2.44. The van der Waals surface area contributed by atoms with Crippen molar-refractivity contribution in [1.29, 1.82) is 0 Å². The molecule has 1 saturated carbocycles. The van der Waals surface area contributed by atoms with Gasteiger partial charge >= 0.3 is 0 Å². The number of nitrogens with two attached hydrogens (primary N) is 1. The third kappa shape index (κ3) is 2.77. The zero-order valence-electron chi connectivity index (χ0n) is 11.9. The molecule has 19 heavy (non-hydrogen) atoms. The quantitative estimate of drug-likeness (QED) is 0.796. The first kappa shape index (κ1) is 15.1. The van der Waals surface area contributed by atoms with E-state index in [4.69, 9.17) is 18.0 Å². The molecular weight excluding hydrogens is 276 g/mol. The van der Waals surface area contributed by atoms with Crippen LogP contribution in [0.15, 0.2) is 0 Å². The van der Waals surface area contributed by atoms with Crippen LogP contribution in [0, 0.1) is 5.41 Å². The third-order valence-electron chi connectivity index (χ3n) is 4.73. The molecule has 2 atom stereocenters. The lowest BCUT2D eigenvalue weighted by Crippen LogP contribution is -2.57. The van der Waals surface area contributed by atoms with Crippen LogP contribution in [0.2, 0.25) is 0 Å². The molecule has 2 fully saturated rings. The number of hydrogen-bond acceptors (Lipinski definition) is 3. The molecule has 5 heteroatoms. The Labute approximate surface area is 125 Å². The van der Waals surface area contributed by atoms with Gasteiger partial charge in [0, 0.05) is 23.6 Å². The van der Waals surface area contributed by atoms with E-state index in [2.05, 4.69) is 13.8 Å². The van der Waals surface area contributed by atoms with Gasteiger partial charge in [0.1, 0.15) is 0 Å². The lowest BCUT2D eigenvalue weighted by atomic mass is 9.72. The molecule has 0 spiro atoms. The number of hydrogen-bond donors (Lipinski definition) is 1. The second-order valence-electron chi connectivity index (χ2n) is 5.82. The van der Waals surface area contributed by atoms with Gasteiger partial charge in [0.05, 0.1) is 10.4 Å². The van der Waals surface area contributed by atoms with Crippen LogP contribution in [0.25, 0.3) is 0 Å². The number of thioether (sulfide) groups is 1. The number of carbonyl (C=O) groups excluding carboxylic acids is 1. The average molecular weight is 300 g/mol. The fourth-order valence-corrected chi connectivity index (χ4v) is 4.61. The Morgan fingerprint density at radius 1 is 1.32 bits per heavy atom. The Hall–Kier alpha value is -0.290. The van der Waals surface area contributed by atoms with Crippen molar-refractivity contribution in [2.75, 3.05) is 12.3 Å². The molecule has 0 radical (unpaired) electrons. The maximum Gasteiger partial charge on any atom is 0.235 e. The Balaban J connectivity index is 2.22. The van der Waals surface area contributed by atoms with Gasteiger partial charge < -0.3 is 10.6 Å². The van der Waals surface area contributed by atoms with Gasteiger partial charge in [0.25, 0.3) is 0 Å². The Bertz CT molecular complexity index is 366. The number of carbonyl (C=O) groups is 1. The van der Waals surface area contributed by atoms with Gasteiger partial charge in [-0.2, -0.15) is 11.8 Å². The van der Waals surface area contributed by atoms with E-state index in [1.807, 2.05) is 16.7 Å². The third-order valence-corrected chi connectivity index (χ3v) is 6.46. The van der Waals surface area contributed by atoms with Crippen LogP contribution in [-0.4, -0.2) is 39.4 Å². The standard InChI is InChI=1S/C14H24N2OS2/c1-10-11(2)19-9-8-16(10)13(17)14(12(15)18)6-4-3-5-7-14/h10-11H,3-9H2,1-2H3,(H2,15,18). The van der Waals surface area contributed by atoms with Crippen LogP contribution in [0.5, 0.6) is 0 Å². The smallest absolute Gasteiger partial charge is 0.235 e. The molecule has 1 saturated heterocycles. The first-order chi connectivity index (χ1) is 8.99. The van der Waals surface area contributed by atoms with E-state index in [0.29, 0.717) is 10.2 Å². The van der Waals surface area contributed by atoms with Crippen molar-refractivity contribution in [2.24, 2.45) is 11.1 Å². The van der Waals surface area contributed by atoms with Gasteiger partial charge in [0.15, 0.2) is 0 Å². The lowest BCUT2D eigenvalue weighted by molar-refractivity contribution is -0.141. The number of amides is 1. The molecule has 1 aliphatic carbocycles. The minimum Gasteiger partial charge on any atom is -0.392 e. The molecule has 0 aromatic rings. The molecule has 2 aliphatic rings. The summed E-state index contributed by atoms with van der Waals surface area (Å²) in [6.07, 6.45) is 5.00. The monoisotopic (exact) mass is 300 g/mol. The largest absolute Gasteiger partial charge is 0.392 e. The van der Waals surface area contributed by atoms with Gasteiger partial charge in [-0.3, -0.25) is 4.79 Å². The van der Waals surface area contributed by atoms with E-state index in [1.165, 1.54) is 6.42 Å². The summed E-state index contributed by atoms with van der Waals surface area (Å²) in [4.78, 5) is 15.5. The van der Waals surface area contributed by atoms with Gasteiger partial charge in [0.2, 0.25) is 5.91 Å². The topological polar surface area (TPSA) is 46.3 Å². The van der Waals surface area contributed by atoms with Crippen molar-refractivity contribution in [3.8, 4) is 0 Å². The van der Waals surface area contributed by atoms with Crippen LogP contribution in [0.3, 0.4) is 0 Å². The highest BCUT2D eigenvalue weighted by atomic mass is 32.2. The van der Waals surface area contributed by atoms with Crippen LogP contribution < -0.4 is 5.73 Å². The Morgan fingerprint density at radius 3 is 2.53 bits per heavy atom. The summed E-state index contributed by atoms with van der Waals surface area (Å²) in [7, 11) is 0. The predicted octanol–water partition coefficient (Wildman–Crippen LogP) is 2.58. The molecule has 0 aromatic heterocycles. The summed E-state index contributed by atoms with van der Waals surface area (Å²) in [6, 6.07) is 0.277. The minimum absolute atomic E-state index is 0.194. The highest BCUT2D eigenvalue weighted by molar-refractivity contribution is 8.00. The first-order valence-electron chi connectivity index (χ1n) is 7.21. The average Bonchev–Trinajstić information content (AvgIpc) is 2.41. The molecule has 1 heterocycles. The highest BCUT2D eigenvalue weighted by Gasteiger charge is 2.46. The summed E-state index contributed by atoms with van der Waals surface area (Å²) < 4.78 is 0. The van der Waals surface area contributed by atoms with E-state index in [9.17, 15) is 4.79 Å². The van der Waals surface area contributed by atoms with Gasteiger partial charge in [-0.05, 0) is 19.8 Å². The van der Waals surface area contributed by atoms with Crippen molar-refractivity contribution in [3.05, 3.63) is 0 Å². The predicted molar refractivity (Wildman–Crippen MR) is 85.4 cm³/mol. The van der Waals surface area contributed by atoms with E-state index in [-0.39, 0.29) is 11.9 Å². The van der Waals surface area contributed by atoms with E-state index in [0.717, 1.165) is 38.0 Å². The summed E-state index contributed by atoms with van der Waals surface area (Å²) in [5.41, 5.74) is 5.42.